The largest absolute Gasteiger partial charge is 0.332 e. The SMILES string of the molecule is CC(=O)N1CC[NH+](Cc2ccc(Br)s2)CC1. The highest BCUT2D eigenvalue weighted by atomic mass is 79.9. The minimum Gasteiger partial charge on any atom is -0.332 e. The highest BCUT2D eigenvalue weighted by molar-refractivity contribution is 9.11. The zero-order valence-electron chi connectivity index (χ0n) is 9.33. The third-order valence-electron chi connectivity index (χ3n) is 2.97. The van der Waals surface area contributed by atoms with E-state index in [2.05, 4.69) is 28.1 Å². The minimum atomic E-state index is 0.206. The Kier molecular flexibility index (Phi) is 4.00. The van der Waals surface area contributed by atoms with Crippen molar-refractivity contribution in [2.24, 2.45) is 0 Å². The van der Waals surface area contributed by atoms with Crippen LogP contribution in [0, 0.1) is 0 Å². The molecular formula is C11H16BrN2OS+. The van der Waals surface area contributed by atoms with E-state index in [1.807, 2.05) is 4.90 Å². The average molecular weight is 304 g/mol. The van der Waals surface area contributed by atoms with E-state index in [1.54, 1.807) is 23.2 Å². The van der Waals surface area contributed by atoms with Crippen molar-refractivity contribution in [1.29, 1.82) is 0 Å². The molecule has 5 heteroatoms. The molecule has 16 heavy (non-hydrogen) atoms. The summed E-state index contributed by atoms with van der Waals surface area (Å²) in [4.78, 5) is 16.1. The van der Waals surface area contributed by atoms with Crippen LogP contribution in [-0.4, -0.2) is 37.0 Å². The molecule has 2 heterocycles. The van der Waals surface area contributed by atoms with Gasteiger partial charge < -0.3 is 9.80 Å². The summed E-state index contributed by atoms with van der Waals surface area (Å²) in [5.74, 6) is 0.206. The summed E-state index contributed by atoms with van der Waals surface area (Å²) in [6.07, 6.45) is 0. The van der Waals surface area contributed by atoms with Crippen LogP contribution in [0.1, 0.15) is 11.8 Å². The molecule has 0 aromatic carbocycles. The normalized spacial score (nSPS) is 17.8. The number of thiophene rings is 1. The second-order valence-electron chi connectivity index (χ2n) is 4.14. The van der Waals surface area contributed by atoms with Crippen LogP contribution in [0.2, 0.25) is 0 Å². The van der Waals surface area contributed by atoms with Gasteiger partial charge in [-0.2, -0.15) is 0 Å². The summed E-state index contributed by atoms with van der Waals surface area (Å²) in [7, 11) is 0. The van der Waals surface area contributed by atoms with Crippen molar-refractivity contribution >= 4 is 33.2 Å². The Morgan fingerprint density at radius 3 is 2.69 bits per heavy atom. The lowest BCUT2D eigenvalue weighted by molar-refractivity contribution is -0.917. The Bertz CT molecular complexity index is 372. The van der Waals surface area contributed by atoms with E-state index in [-0.39, 0.29) is 5.91 Å². The van der Waals surface area contributed by atoms with Gasteiger partial charge in [0.2, 0.25) is 5.91 Å². The number of hydrogen-bond acceptors (Lipinski definition) is 2. The molecule has 0 saturated carbocycles. The molecule has 1 fully saturated rings. The highest BCUT2D eigenvalue weighted by Crippen LogP contribution is 2.21. The topological polar surface area (TPSA) is 24.8 Å². The van der Waals surface area contributed by atoms with Gasteiger partial charge in [0.1, 0.15) is 6.54 Å². The summed E-state index contributed by atoms with van der Waals surface area (Å²) >= 11 is 5.29. The number of nitrogens with one attached hydrogen (secondary N) is 1. The van der Waals surface area contributed by atoms with Crippen LogP contribution < -0.4 is 4.90 Å². The standard InChI is InChI=1S/C11H15BrN2OS/c1-9(15)14-6-4-13(5-7-14)8-10-2-3-11(12)16-10/h2-3H,4-8H2,1H3/p+1. The minimum absolute atomic E-state index is 0.206. The van der Waals surface area contributed by atoms with Gasteiger partial charge in [0.05, 0.1) is 34.8 Å². The maximum Gasteiger partial charge on any atom is 0.219 e. The number of halogens is 1. The highest BCUT2D eigenvalue weighted by Gasteiger charge is 2.21. The van der Waals surface area contributed by atoms with Crippen molar-refractivity contribution in [1.82, 2.24) is 4.90 Å². The number of rotatable bonds is 2. The molecule has 1 aromatic rings. The van der Waals surface area contributed by atoms with E-state index < -0.39 is 0 Å². The lowest BCUT2D eigenvalue weighted by atomic mass is 10.3. The van der Waals surface area contributed by atoms with E-state index in [4.69, 9.17) is 0 Å². The van der Waals surface area contributed by atoms with Crippen LogP contribution in [0.15, 0.2) is 15.9 Å². The van der Waals surface area contributed by atoms with Crippen molar-refractivity contribution in [3.63, 3.8) is 0 Å². The summed E-state index contributed by atoms with van der Waals surface area (Å²) < 4.78 is 1.20. The van der Waals surface area contributed by atoms with E-state index >= 15 is 0 Å². The number of carbonyl (C=O) groups excluding carboxylic acids is 1. The van der Waals surface area contributed by atoms with Crippen LogP contribution >= 0.6 is 27.3 Å². The van der Waals surface area contributed by atoms with E-state index in [0.717, 1.165) is 32.7 Å². The number of piperazine rings is 1. The van der Waals surface area contributed by atoms with Crippen LogP contribution in [0.4, 0.5) is 0 Å². The van der Waals surface area contributed by atoms with Crippen molar-refractivity contribution in [2.75, 3.05) is 26.2 Å². The fourth-order valence-corrected chi connectivity index (χ4v) is 3.56. The summed E-state index contributed by atoms with van der Waals surface area (Å²) in [5.41, 5.74) is 0. The molecule has 0 radical (unpaired) electrons. The number of nitrogens with zero attached hydrogens (tertiary/aromatic N) is 1. The van der Waals surface area contributed by atoms with Gasteiger partial charge in [0.25, 0.3) is 0 Å². The number of quaternary nitrogens is 1. The molecule has 0 spiro atoms. The Morgan fingerprint density at radius 2 is 2.19 bits per heavy atom. The molecule has 0 bridgehead atoms. The molecule has 1 N–H and O–H groups in total. The first-order valence-electron chi connectivity index (χ1n) is 5.48. The first kappa shape index (κ1) is 12.1. The van der Waals surface area contributed by atoms with Gasteiger partial charge in [-0.1, -0.05) is 0 Å². The van der Waals surface area contributed by atoms with Gasteiger partial charge >= 0.3 is 0 Å². The third-order valence-corrected chi connectivity index (χ3v) is 4.59. The maximum absolute atomic E-state index is 11.2. The van der Waals surface area contributed by atoms with Crippen molar-refractivity contribution in [3.8, 4) is 0 Å². The molecule has 0 unspecified atom stereocenters. The Morgan fingerprint density at radius 1 is 1.50 bits per heavy atom. The average Bonchev–Trinajstić information content (AvgIpc) is 2.65. The third kappa shape index (κ3) is 3.06. The van der Waals surface area contributed by atoms with Crippen LogP contribution in [0.3, 0.4) is 0 Å². The Hall–Kier alpha value is -0.390. The molecule has 0 aliphatic carbocycles. The fraction of sp³-hybridized carbons (Fsp3) is 0.545. The molecule has 3 nitrogen and oxygen atoms in total. The van der Waals surface area contributed by atoms with Gasteiger partial charge in [-0.05, 0) is 28.1 Å². The predicted molar refractivity (Wildman–Crippen MR) is 68.7 cm³/mol. The lowest BCUT2D eigenvalue weighted by Gasteiger charge is -2.31. The number of hydrogen-bond donors (Lipinski definition) is 1. The summed E-state index contributed by atoms with van der Waals surface area (Å²) in [6.45, 7) is 6.67. The summed E-state index contributed by atoms with van der Waals surface area (Å²) in [5, 5.41) is 0. The van der Waals surface area contributed by atoms with E-state index in [0.29, 0.717) is 0 Å². The monoisotopic (exact) mass is 303 g/mol. The fourth-order valence-electron chi connectivity index (χ4n) is 2.01. The Labute approximate surface area is 108 Å². The summed E-state index contributed by atoms with van der Waals surface area (Å²) in [6, 6.07) is 4.28. The quantitative estimate of drug-likeness (QED) is 0.857. The Balaban J connectivity index is 1.83. The molecule has 0 atom stereocenters. The smallest absolute Gasteiger partial charge is 0.219 e. The van der Waals surface area contributed by atoms with Gasteiger partial charge in [-0.15, -0.1) is 11.3 Å². The number of amides is 1. The van der Waals surface area contributed by atoms with Crippen molar-refractivity contribution < 1.29 is 9.69 Å². The van der Waals surface area contributed by atoms with Gasteiger partial charge in [0.15, 0.2) is 0 Å². The van der Waals surface area contributed by atoms with Crippen molar-refractivity contribution in [3.05, 3.63) is 20.8 Å². The second kappa shape index (κ2) is 5.29. The van der Waals surface area contributed by atoms with Crippen LogP contribution in [0.5, 0.6) is 0 Å². The van der Waals surface area contributed by atoms with Gasteiger partial charge in [-0.3, -0.25) is 4.79 Å². The number of carbonyl (C=O) groups is 1. The molecule has 1 aliphatic rings. The maximum atomic E-state index is 11.2. The zero-order valence-corrected chi connectivity index (χ0v) is 11.7. The van der Waals surface area contributed by atoms with Gasteiger partial charge in [0, 0.05) is 6.92 Å². The predicted octanol–water partition coefficient (Wildman–Crippen LogP) is 0.758. The second-order valence-corrected chi connectivity index (χ2v) is 6.69. The lowest BCUT2D eigenvalue weighted by Crippen LogP contribution is -3.13. The van der Waals surface area contributed by atoms with E-state index in [1.165, 1.54) is 8.66 Å². The molecule has 1 aliphatic heterocycles. The zero-order chi connectivity index (χ0) is 11.5. The molecule has 88 valence electrons. The molecule has 1 amide bonds. The van der Waals surface area contributed by atoms with Gasteiger partial charge in [-0.25, -0.2) is 0 Å². The molecular weight excluding hydrogens is 288 g/mol. The van der Waals surface area contributed by atoms with Crippen LogP contribution in [0.25, 0.3) is 0 Å². The first-order valence-corrected chi connectivity index (χ1v) is 7.09. The first-order chi connectivity index (χ1) is 7.65. The van der Waals surface area contributed by atoms with Crippen molar-refractivity contribution in [2.45, 2.75) is 13.5 Å². The molecule has 1 saturated heterocycles. The molecule has 1 aromatic heterocycles. The van der Waals surface area contributed by atoms with E-state index in [9.17, 15) is 4.79 Å². The van der Waals surface area contributed by atoms with Crippen LogP contribution in [-0.2, 0) is 11.3 Å². The molecule has 2 rings (SSSR count).